The topological polar surface area (TPSA) is 79.0 Å². The van der Waals surface area contributed by atoms with Gasteiger partial charge in [0.2, 0.25) is 0 Å². The molecule has 0 aromatic carbocycles. The Morgan fingerprint density at radius 2 is 2.36 bits per heavy atom. The number of hydrogen-bond donors (Lipinski definition) is 1. The number of nitrogens with two attached hydrogens (primary N) is 1. The van der Waals surface area contributed by atoms with Gasteiger partial charge in [0.05, 0.1) is 23.3 Å². The number of rotatable bonds is 2. The summed E-state index contributed by atoms with van der Waals surface area (Å²) < 4.78 is 20.4. The fraction of sp³-hybridized carbons (Fsp3) is 0.167. The maximum atomic E-state index is 10.2. The summed E-state index contributed by atoms with van der Waals surface area (Å²) in [6.07, 6.45) is 1.43. The van der Waals surface area contributed by atoms with Gasteiger partial charge in [-0.05, 0) is 23.2 Å². The molecular weight excluding hydrogens is 164 g/mol. The molecule has 60 valence electrons. The lowest BCUT2D eigenvalue weighted by Gasteiger charge is -2.03. The lowest BCUT2D eigenvalue weighted by Crippen LogP contribution is -1.96. The van der Waals surface area contributed by atoms with Crippen LogP contribution in [0.2, 0.25) is 0 Å². The molecule has 0 aliphatic heterocycles. The van der Waals surface area contributed by atoms with Gasteiger partial charge in [0.1, 0.15) is 0 Å². The Bertz CT molecular complexity index is 260. The fourth-order valence-corrected chi connectivity index (χ4v) is 1.05. The summed E-state index contributed by atoms with van der Waals surface area (Å²) in [4.78, 5) is 3.80. The molecule has 0 aliphatic carbocycles. The Hall–Kier alpha value is -0.940. The van der Waals surface area contributed by atoms with E-state index >= 15 is 0 Å². The van der Waals surface area contributed by atoms with E-state index in [1.165, 1.54) is 6.20 Å². The van der Waals surface area contributed by atoms with Crippen molar-refractivity contribution in [1.82, 2.24) is 4.98 Å². The first-order valence-electron chi connectivity index (χ1n) is 2.95. The van der Waals surface area contributed by atoms with Gasteiger partial charge in [-0.15, -0.1) is 0 Å². The summed E-state index contributed by atoms with van der Waals surface area (Å²) >= 11 is -2.08. The van der Waals surface area contributed by atoms with E-state index in [1.807, 2.05) is 0 Å². The molecule has 0 saturated heterocycles. The maximum absolute atomic E-state index is 10.2. The molecule has 1 aromatic rings. The predicted octanol–water partition coefficient (Wildman–Crippen LogP) is 0.0429. The first-order valence-corrected chi connectivity index (χ1v) is 4.19. The molecule has 0 spiro atoms. The van der Waals surface area contributed by atoms with Crippen LogP contribution in [0.15, 0.2) is 18.3 Å². The Balaban J connectivity index is 2.74. The summed E-state index contributed by atoms with van der Waals surface area (Å²) in [6, 6.07) is 3.21. The van der Waals surface area contributed by atoms with Crippen LogP contribution in [0.3, 0.4) is 0 Å². The van der Waals surface area contributed by atoms with Crippen molar-refractivity contribution in [2.75, 3.05) is 5.73 Å². The second-order valence-corrected chi connectivity index (χ2v) is 2.93. The lowest BCUT2D eigenvalue weighted by molar-refractivity contribution is 0.535. The summed E-state index contributed by atoms with van der Waals surface area (Å²) in [5.41, 5.74) is 6.38. The van der Waals surface area contributed by atoms with Crippen LogP contribution in [0.25, 0.3) is 0 Å². The number of nitrogens with zero attached hydrogens (tertiary/aromatic N) is 1. The minimum atomic E-state index is -2.08. The van der Waals surface area contributed by atoms with Crippen molar-refractivity contribution in [2.45, 2.75) is 5.75 Å². The fourth-order valence-electron chi connectivity index (χ4n) is 0.642. The Kier molecular flexibility index (Phi) is 2.56. The normalized spacial score (nSPS) is 12.8. The molecule has 1 atom stereocenters. The van der Waals surface area contributed by atoms with E-state index in [1.54, 1.807) is 12.1 Å². The van der Waals surface area contributed by atoms with Crippen molar-refractivity contribution in [1.29, 1.82) is 0 Å². The minimum absolute atomic E-state index is 0.0553. The van der Waals surface area contributed by atoms with E-state index in [0.717, 1.165) is 0 Å². The third-order valence-corrected chi connectivity index (χ3v) is 1.64. The monoisotopic (exact) mass is 171 g/mol. The molecule has 1 heterocycles. The maximum Gasteiger partial charge on any atom is 0.0526 e. The quantitative estimate of drug-likeness (QED) is 0.637. The van der Waals surface area contributed by atoms with Gasteiger partial charge in [-0.3, -0.25) is 9.19 Å². The van der Waals surface area contributed by atoms with Gasteiger partial charge >= 0.3 is 0 Å². The molecule has 0 amide bonds. The second-order valence-electron chi connectivity index (χ2n) is 2.03. The van der Waals surface area contributed by atoms with Gasteiger partial charge in [-0.1, -0.05) is 0 Å². The lowest BCUT2D eigenvalue weighted by atomic mass is 10.3. The summed E-state index contributed by atoms with van der Waals surface area (Å²) in [5, 5.41) is 0. The van der Waals surface area contributed by atoms with E-state index in [9.17, 15) is 8.76 Å². The molecule has 0 fully saturated rings. The largest absolute Gasteiger partial charge is 0.772 e. The molecule has 0 bridgehead atoms. The smallest absolute Gasteiger partial charge is 0.0526 e. The van der Waals surface area contributed by atoms with Crippen LogP contribution in [0.4, 0.5) is 5.69 Å². The highest BCUT2D eigenvalue weighted by Crippen LogP contribution is 2.02. The molecule has 1 unspecified atom stereocenters. The van der Waals surface area contributed by atoms with Crippen molar-refractivity contribution in [2.24, 2.45) is 0 Å². The van der Waals surface area contributed by atoms with Crippen LogP contribution in [-0.4, -0.2) is 13.7 Å². The van der Waals surface area contributed by atoms with Crippen LogP contribution >= 0.6 is 0 Å². The van der Waals surface area contributed by atoms with Gasteiger partial charge in [0, 0.05) is 0 Å². The van der Waals surface area contributed by atoms with Gasteiger partial charge in [0.15, 0.2) is 0 Å². The van der Waals surface area contributed by atoms with Crippen LogP contribution in [-0.2, 0) is 16.8 Å². The van der Waals surface area contributed by atoms with Gasteiger partial charge in [-0.25, -0.2) is 0 Å². The molecule has 0 saturated carbocycles. The van der Waals surface area contributed by atoms with E-state index in [-0.39, 0.29) is 5.75 Å². The number of hydrogen-bond acceptors (Lipinski definition) is 4. The average molecular weight is 171 g/mol. The van der Waals surface area contributed by atoms with Crippen molar-refractivity contribution < 1.29 is 8.76 Å². The minimum Gasteiger partial charge on any atom is -0.772 e. The van der Waals surface area contributed by atoms with E-state index < -0.39 is 11.1 Å². The first kappa shape index (κ1) is 8.16. The van der Waals surface area contributed by atoms with Gasteiger partial charge < -0.3 is 10.3 Å². The Morgan fingerprint density at radius 3 is 2.82 bits per heavy atom. The van der Waals surface area contributed by atoms with Crippen LogP contribution in [0.1, 0.15) is 5.69 Å². The highest BCUT2D eigenvalue weighted by atomic mass is 32.2. The zero-order chi connectivity index (χ0) is 8.27. The van der Waals surface area contributed by atoms with Crippen LogP contribution < -0.4 is 5.73 Å². The Morgan fingerprint density at radius 1 is 1.64 bits per heavy atom. The van der Waals surface area contributed by atoms with Crippen molar-refractivity contribution >= 4 is 16.8 Å². The number of nitrogen functional groups attached to an aromatic ring is 1. The van der Waals surface area contributed by atoms with E-state index in [4.69, 9.17) is 5.73 Å². The molecule has 4 nitrogen and oxygen atoms in total. The zero-order valence-corrected chi connectivity index (χ0v) is 6.50. The van der Waals surface area contributed by atoms with E-state index in [2.05, 4.69) is 4.98 Å². The standard InChI is InChI=1S/C6H8N2O2S/c7-5-1-2-6(8-3-5)4-11(9)10/h1-3H,4,7H2,(H,9,10)/p-1. The van der Waals surface area contributed by atoms with Crippen molar-refractivity contribution in [3.05, 3.63) is 24.0 Å². The zero-order valence-electron chi connectivity index (χ0n) is 5.69. The number of pyridine rings is 1. The molecule has 5 heteroatoms. The van der Waals surface area contributed by atoms with Crippen LogP contribution in [0, 0.1) is 0 Å². The molecule has 0 radical (unpaired) electrons. The number of anilines is 1. The predicted molar refractivity (Wildman–Crippen MR) is 41.3 cm³/mol. The molecular formula is C6H7N2O2S-. The second kappa shape index (κ2) is 3.45. The van der Waals surface area contributed by atoms with Crippen LogP contribution in [0.5, 0.6) is 0 Å². The van der Waals surface area contributed by atoms with Gasteiger partial charge in [0.25, 0.3) is 0 Å². The summed E-state index contributed by atoms with van der Waals surface area (Å²) in [5.74, 6) is -0.0553. The number of aromatic nitrogens is 1. The Labute approximate surface area is 66.7 Å². The SMILES string of the molecule is Nc1ccc(CS(=O)[O-])nc1. The third kappa shape index (κ3) is 2.65. The summed E-state index contributed by atoms with van der Waals surface area (Å²) in [6.45, 7) is 0. The third-order valence-electron chi connectivity index (χ3n) is 1.11. The van der Waals surface area contributed by atoms with E-state index in [0.29, 0.717) is 11.4 Å². The molecule has 0 aliphatic rings. The van der Waals surface area contributed by atoms with Crippen molar-refractivity contribution in [3.63, 3.8) is 0 Å². The first-order chi connectivity index (χ1) is 5.18. The molecule has 1 aromatic heterocycles. The average Bonchev–Trinajstić information content (AvgIpc) is 1.93. The molecule has 2 N–H and O–H groups in total. The highest BCUT2D eigenvalue weighted by molar-refractivity contribution is 7.78. The highest BCUT2D eigenvalue weighted by Gasteiger charge is 1.92. The summed E-state index contributed by atoms with van der Waals surface area (Å²) in [7, 11) is 0. The molecule has 1 rings (SSSR count). The van der Waals surface area contributed by atoms with Crippen molar-refractivity contribution in [3.8, 4) is 0 Å². The molecule has 11 heavy (non-hydrogen) atoms. The van der Waals surface area contributed by atoms with Gasteiger partial charge in [-0.2, -0.15) is 0 Å².